The molecule has 1 amide bonds. The largest absolute Gasteiger partial charge is 0.368 e. The van der Waals surface area contributed by atoms with Crippen LogP contribution in [0.4, 0.5) is 10.3 Å². The Kier molecular flexibility index (Phi) is 4.00. The Hall–Kier alpha value is -2.50. The summed E-state index contributed by atoms with van der Waals surface area (Å²) in [6.07, 6.45) is 3.14. The average molecular weight is 300 g/mol. The average Bonchev–Trinajstić information content (AvgIpc) is 2.53. The van der Waals surface area contributed by atoms with E-state index >= 15 is 0 Å². The molecule has 0 radical (unpaired) electrons. The van der Waals surface area contributed by atoms with Gasteiger partial charge in [0.05, 0.1) is 12.2 Å². The van der Waals surface area contributed by atoms with Crippen LogP contribution in [0.2, 0.25) is 0 Å². The van der Waals surface area contributed by atoms with Crippen LogP contribution in [-0.2, 0) is 24.2 Å². The molecule has 114 valence electrons. The van der Waals surface area contributed by atoms with E-state index in [0.717, 1.165) is 17.7 Å². The summed E-state index contributed by atoms with van der Waals surface area (Å²) < 4.78 is 13.6. The Morgan fingerprint density at radius 3 is 3.00 bits per heavy atom. The molecule has 1 aromatic carbocycles. The Labute approximate surface area is 128 Å². The number of halogens is 1. The number of carbonyl (C=O) groups excluding carboxylic acids is 1. The van der Waals surface area contributed by atoms with Gasteiger partial charge in [0.2, 0.25) is 11.9 Å². The van der Waals surface area contributed by atoms with Gasteiger partial charge in [-0.2, -0.15) is 0 Å². The highest BCUT2D eigenvalue weighted by Crippen LogP contribution is 2.18. The van der Waals surface area contributed by atoms with Crippen molar-refractivity contribution in [2.75, 3.05) is 12.3 Å². The van der Waals surface area contributed by atoms with E-state index in [9.17, 15) is 9.18 Å². The van der Waals surface area contributed by atoms with Gasteiger partial charge in [0.1, 0.15) is 5.82 Å². The van der Waals surface area contributed by atoms with Gasteiger partial charge in [0.15, 0.2) is 0 Å². The minimum absolute atomic E-state index is 0.00564. The highest BCUT2D eigenvalue weighted by Gasteiger charge is 2.22. The molecule has 1 aliphatic rings. The zero-order valence-electron chi connectivity index (χ0n) is 12.1. The summed E-state index contributed by atoms with van der Waals surface area (Å²) in [5.41, 5.74) is 7.99. The van der Waals surface area contributed by atoms with Crippen molar-refractivity contribution in [3.63, 3.8) is 0 Å². The number of amides is 1. The summed E-state index contributed by atoms with van der Waals surface area (Å²) in [7, 11) is 0. The lowest BCUT2D eigenvalue weighted by Gasteiger charge is -2.28. The first-order valence-corrected chi connectivity index (χ1v) is 7.25. The molecule has 1 aromatic heterocycles. The number of nitrogens with zero attached hydrogens (tertiary/aromatic N) is 3. The number of hydrogen-bond acceptors (Lipinski definition) is 4. The van der Waals surface area contributed by atoms with Gasteiger partial charge in [-0.1, -0.05) is 18.2 Å². The van der Waals surface area contributed by atoms with Gasteiger partial charge < -0.3 is 10.6 Å². The summed E-state index contributed by atoms with van der Waals surface area (Å²) in [6.45, 7) is 1.08. The molecule has 0 fully saturated rings. The predicted molar refractivity (Wildman–Crippen MR) is 80.3 cm³/mol. The minimum atomic E-state index is -0.264. The summed E-state index contributed by atoms with van der Waals surface area (Å²) >= 11 is 0. The first kappa shape index (κ1) is 14.4. The Morgan fingerprint density at radius 2 is 2.18 bits per heavy atom. The van der Waals surface area contributed by atoms with Gasteiger partial charge in [-0.15, -0.1) is 0 Å². The highest BCUT2D eigenvalue weighted by atomic mass is 19.1. The van der Waals surface area contributed by atoms with E-state index in [1.54, 1.807) is 29.3 Å². The molecule has 2 N–H and O–H groups in total. The fourth-order valence-corrected chi connectivity index (χ4v) is 2.63. The molecule has 2 heterocycles. The van der Waals surface area contributed by atoms with Crippen molar-refractivity contribution < 1.29 is 9.18 Å². The molecule has 0 saturated heterocycles. The van der Waals surface area contributed by atoms with E-state index in [0.29, 0.717) is 25.1 Å². The van der Waals surface area contributed by atoms with Gasteiger partial charge >= 0.3 is 0 Å². The van der Waals surface area contributed by atoms with Crippen molar-refractivity contribution in [3.05, 3.63) is 53.1 Å². The third-order valence-electron chi connectivity index (χ3n) is 3.88. The Morgan fingerprint density at radius 1 is 1.36 bits per heavy atom. The zero-order valence-corrected chi connectivity index (χ0v) is 12.1. The molecule has 22 heavy (non-hydrogen) atoms. The number of carbonyl (C=O) groups is 1. The third kappa shape index (κ3) is 3.05. The molecular formula is C16H17FN4O. The molecule has 0 spiro atoms. The smallest absolute Gasteiger partial charge is 0.223 e. The van der Waals surface area contributed by atoms with Crippen LogP contribution >= 0.6 is 0 Å². The van der Waals surface area contributed by atoms with Crippen LogP contribution in [0.5, 0.6) is 0 Å². The van der Waals surface area contributed by atoms with Crippen molar-refractivity contribution in [3.8, 4) is 0 Å². The van der Waals surface area contributed by atoms with Crippen molar-refractivity contribution in [2.24, 2.45) is 0 Å². The molecule has 0 saturated carbocycles. The topological polar surface area (TPSA) is 72.1 Å². The maximum Gasteiger partial charge on any atom is 0.223 e. The fraction of sp³-hybridized carbons (Fsp3) is 0.312. The van der Waals surface area contributed by atoms with Crippen molar-refractivity contribution >= 4 is 11.9 Å². The van der Waals surface area contributed by atoms with E-state index in [4.69, 9.17) is 5.73 Å². The summed E-state index contributed by atoms with van der Waals surface area (Å²) in [5.74, 6) is -0.0368. The third-order valence-corrected chi connectivity index (χ3v) is 3.88. The molecule has 0 aliphatic carbocycles. The zero-order chi connectivity index (χ0) is 15.5. The van der Waals surface area contributed by atoms with Crippen LogP contribution in [-0.4, -0.2) is 27.3 Å². The van der Waals surface area contributed by atoms with E-state index < -0.39 is 0 Å². The van der Waals surface area contributed by atoms with Crippen molar-refractivity contribution in [1.29, 1.82) is 0 Å². The second-order valence-electron chi connectivity index (χ2n) is 5.36. The van der Waals surface area contributed by atoms with Crippen LogP contribution in [0.1, 0.15) is 23.2 Å². The number of anilines is 1. The molecular weight excluding hydrogens is 283 g/mol. The maximum absolute atomic E-state index is 13.6. The van der Waals surface area contributed by atoms with Crippen molar-refractivity contribution in [1.82, 2.24) is 14.9 Å². The standard InChI is InChI=1S/C16H17FN4O/c17-13-4-2-1-3-11(13)5-6-15(22)21-8-7-12-9-19-16(18)20-14(12)10-21/h1-4,9H,5-8,10H2,(H2,18,19,20). The van der Waals surface area contributed by atoms with Gasteiger partial charge in [-0.05, 0) is 30.0 Å². The molecule has 6 heteroatoms. The number of hydrogen-bond donors (Lipinski definition) is 1. The van der Waals surface area contributed by atoms with E-state index in [2.05, 4.69) is 9.97 Å². The second-order valence-corrected chi connectivity index (χ2v) is 5.36. The van der Waals surface area contributed by atoms with E-state index in [1.165, 1.54) is 6.07 Å². The van der Waals surface area contributed by atoms with Gasteiger partial charge in [0, 0.05) is 19.2 Å². The number of fused-ring (bicyclic) bond motifs is 1. The van der Waals surface area contributed by atoms with Gasteiger partial charge in [-0.25, -0.2) is 14.4 Å². The first-order chi connectivity index (χ1) is 10.6. The van der Waals surface area contributed by atoms with E-state index in [-0.39, 0.29) is 24.1 Å². The maximum atomic E-state index is 13.6. The molecule has 0 unspecified atom stereocenters. The monoisotopic (exact) mass is 300 g/mol. The lowest BCUT2D eigenvalue weighted by molar-refractivity contribution is -0.132. The number of rotatable bonds is 3. The van der Waals surface area contributed by atoms with Gasteiger partial charge in [0.25, 0.3) is 0 Å². The van der Waals surface area contributed by atoms with Crippen LogP contribution < -0.4 is 5.73 Å². The van der Waals surface area contributed by atoms with E-state index in [1.807, 2.05) is 0 Å². The Bertz CT molecular complexity index is 704. The minimum Gasteiger partial charge on any atom is -0.368 e. The lowest BCUT2D eigenvalue weighted by Crippen LogP contribution is -2.36. The second kappa shape index (κ2) is 6.09. The highest BCUT2D eigenvalue weighted by molar-refractivity contribution is 5.76. The molecule has 0 bridgehead atoms. The molecule has 5 nitrogen and oxygen atoms in total. The predicted octanol–water partition coefficient (Wildman–Crippen LogP) is 1.72. The summed E-state index contributed by atoms with van der Waals surface area (Å²) in [6, 6.07) is 6.55. The van der Waals surface area contributed by atoms with Crippen molar-refractivity contribution in [2.45, 2.75) is 25.8 Å². The molecule has 3 rings (SSSR count). The van der Waals surface area contributed by atoms with Gasteiger partial charge in [-0.3, -0.25) is 4.79 Å². The SMILES string of the molecule is Nc1ncc2c(n1)CN(C(=O)CCc1ccccc1F)CC2. The van der Waals surface area contributed by atoms with Crippen LogP contribution in [0.25, 0.3) is 0 Å². The fourth-order valence-electron chi connectivity index (χ4n) is 2.63. The number of aromatic nitrogens is 2. The first-order valence-electron chi connectivity index (χ1n) is 7.25. The number of benzene rings is 1. The number of nitrogen functional groups attached to an aromatic ring is 1. The Balaban J connectivity index is 1.63. The molecule has 2 aromatic rings. The van der Waals surface area contributed by atoms with Crippen LogP contribution in [0.3, 0.4) is 0 Å². The molecule has 0 atom stereocenters. The lowest BCUT2D eigenvalue weighted by atomic mass is 10.0. The molecule has 1 aliphatic heterocycles. The van der Waals surface area contributed by atoms with Crippen LogP contribution in [0.15, 0.2) is 30.5 Å². The summed E-state index contributed by atoms with van der Waals surface area (Å²) in [5, 5.41) is 0. The normalized spacial score (nSPS) is 13.8. The quantitative estimate of drug-likeness (QED) is 0.936. The number of nitrogens with two attached hydrogens (primary N) is 1. The number of aryl methyl sites for hydroxylation is 1. The van der Waals surface area contributed by atoms with Crippen LogP contribution in [0, 0.1) is 5.82 Å². The summed E-state index contributed by atoms with van der Waals surface area (Å²) in [4.78, 5) is 22.2.